The van der Waals surface area contributed by atoms with Gasteiger partial charge < -0.3 is 15.0 Å². The Kier molecular flexibility index (Phi) is 6.04. The first-order valence-electron chi connectivity index (χ1n) is 9.05. The molecule has 0 saturated heterocycles. The van der Waals surface area contributed by atoms with Crippen molar-refractivity contribution in [3.05, 3.63) is 66.1 Å². The van der Waals surface area contributed by atoms with Gasteiger partial charge in [-0.3, -0.25) is 9.59 Å². The van der Waals surface area contributed by atoms with Crippen molar-refractivity contribution in [1.82, 2.24) is 20.0 Å². The summed E-state index contributed by atoms with van der Waals surface area (Å²) in [5.41, 5.74) is 2.14. The van der Waals surface area contributed by atoms with Crippen molar-refractivity contribution in [3.63, 3.8) is 0 Å². The Morgan fingerprint density at radius 3 is 2.54 bits per heavy atom. The second-order valence-corrected chi connectivity index (χ2v) is 8.54. The topological polar surface area (TPSA) is 75.5 Å². The Labute approximate surface area is 168 Å². The number of thioether (sulfide) groups is 1. The van der Waals surface area contributed by atoms with Crippen LogP contribution in [-0.4, -0.2) is 33.3 Å². The summed E-state index contributed by atoms with van der Waals surface area (Å²) < 4.78 is 2.00. The number of nitrogens with zero attached hydrogens (tertiary/aromatic N) is 2. The maximum atomic E-state index is 12.2. The van der Waals surface area contributed by atoms with Crippen molar-refractivity contribution in [3.8, 4) is 0 Å². The van der Waals surface area contributed by atoms with Gasteiger partial charge in [-0.2, -0.15) is 0 Å². The summed E-state index contributed by atoms with van der Waals surface area (Å²) in [6.45, 7) is 5.65. The third-order valence-electron chi connectivity index (χ3n) is 3.84. The molecule has 6 nitrogen and oxygen atoms in total. The second kappa shape index (κ2) is 8.48. The zero-order valence-corrected chi connectivity index (χ0v) is 17.0. The third kappa shape index (κ3) is 5.60. The molecule has 2 amide bonds. The van der Waals surface area contributed by atoms with E-state index in [-0.39, 0.29) is 23.9 Å². The zero-order valence-electron chi connectivity index (χ0n) is 16.2. The normalized spacial score (nSPS) is 11.4. The first-order chi connectivity index (χ1) is 13.3. The van der Waals surface area contributed by atoms with E-state index in [1.807, 2.05) is 67.9 Å². The molecule has 2 N–H and O–H groups in total. The maximum Gasteiger partial charge on any atom is 0.251 e. The van der Waals surface area contributed by atoms with Crippen molar-refractivity contribution in [2.45, 2.75) is 37.0 Å². The number of pyridine rings is 1. The van der Waals surface area contributed by atoms with Crippen LogP contribution in [0.15, 0.2) is 59.8 Å². The van der Waals surface area contributed by atoms with Crippen molar-refractivity contribution >= 4 is 29.2 Å². The molecule has 0 radical (unpaired) electrons. The lowest BCUT2D eigenvalue weighted by atomic mass is 10.1. The van der Waals surface area contributed by atoms with Crippen molar-refractivity contribution in [2.24, 2.45) is 0 Å². The van der Waals surface area contributed by atoms with Gasteiger partial charge >= 0.3 is 0 Å². The molecule has 0 aliphatic rings. The van der Waals surface area contributed by atoms with Gasteiger partial charge in [-0.05, 0) is 57.2 Å². The van der Waals surface area contributed by atoms with Crippen LogP contribution in [0.2, 0.25) is 0 Å². The maximum absolute atomic E-state index is 12.2. The molecule has 3 aromatic rings. The third-order valence-corrected chi connectivity index (χ3v) is 4.89. The molecule has 2 aromatic heterocycles. The molecule has 7 heteroatoms. The van der Waals surface area contributed by atoms with Crippen LogP contribution in [0, 0.1) is 0 Å². The molecule has 0 fully saturated rings. The fourth-order valence-corrected chi connectivity index (χ4v) is 3.42. The van der Waals surface area contributed by atoms with Crippen LogP contribution in [0.25, 0.3) is 5.65 Å². The number of carbonyl (C=O) groups excluding carboxylic acids is 2. The monoisotopic (exact) mass is 396 g/mol. The van der Waals surface area contributed by atoms with Crippen LogP contribution in [0.3, 0.4) is 0 Å². The largest absolute Gasteiger partial charge is 0.350 e. The molecule has 0 unspecified atom stereocenters. The Hall–Kier alpha value is -2.80. The quantitative estimate of drug-likeness (QED) is 0.627. The summed E-state index contributed by atoms with van der Waals surface area (Å²) >= 11 is 1.66. The van der Waals surface area contributed by atoms with Crippen molar-refractivity contribution < 1.29 is 9.59 Å². The Morgan fingerprint density at radius 2 is 1.86 bits per heavy atom. The van der Waals surface area contributed by atoms with Gasteiger partial charge in [-0.15, -0.1) is 11.8 Å². The summed E-state index contributed by atoms with van der Waals surface area (Å²) in [5, 5.41) is 5.46. The zero-order chi connectivity index (χ0) is 20.1. The van der Waals surface area contributed by atoms with E-state index in [2.05, 4.69) is 15.6 Å². The molecule has 1 aromatic carbocycles. The standard InChI is InChI=1S/C21H24N4O2S/c1-21(2,3)24-19(26)12-22-20(27)15-7-9-17(10-8-15)28-14-16-13-25-11-5-4-6-18(25)23-16/h4-11,13H,12,14H2,1-3H3,(H,22,27)(H,24,26). The lowest BCUT2D eigenvalue weighted by Crippen LogP contribution is -2.45. The lowest BCUT2D eigenvalue weighted by Gasteiger charge is -2.20. The number of nitrogens with one attached hydrogen (secondary N) is 2. The van der Waals surface area contributed by atoms with Gasteiger partial charge in [0.1, 0.15) is 5.65 Å². The number of aromatic nitrogens is 2. The number of rotatable bonds is 6. The van der Waals surface area contributed by atoms with E-state index in [0.717, 1.165) is 22.0 Å². The molecule has 3 rings (SSSR count). The molecule has 0 atom stereocenters. The first kappa shape index (κ1) is 19.9. The average molecular weight is 397 g/mol. The summed E-state index contributed by atoms with van der Waals surface area (Å²) in [7, 11) is 0. The molecule has 0 bridgehead atoms. The van der Waals surface area contributed by atoms with Crippen LogP contribution in [-0.2, 0) is 10.5 Å². The molecule has 0 spiro atoms. The summed E-state index contributed by atoms with van der Waals surface area (Å²) in [5.74, 6) is 0.279. The Morgan fingerprint density at radius 1 is 1.11 bits per heavy atom. The fraction of sp³-hybridized carbons (Fsp3) is 0.286. The molecule has 2 heterocycles. The minimum atomic E-state index is -0.318. The van der Waals surface area contributed by atoms with Crippen molar-refractivity contribution in [2.75, 3.05) is 6.54 Å². The number of hydrogen-bond acceptors (Lipinski definition) is 4. The Bertz CT molecular complexity index is 941. The van der Waals surface area contributed by atoms with E-state index in [4.69, 9.17) is 0 Å². The highest BCUT2D eigenvalue weighted by atomic mass is 32.2. The summed E-state index contributed by atoms with van der Waals surface area (Å²) in [6.07, 6.45) is 4.00. The molecule has 146 valence electrons. The van der Waals surface area contributed by atoms with Gasteiger partial charge in [0.05, 0.1) is 12.2 Å². The molecule has 28 heavy (non-hydrogen) atoms. The minimum absolute atomic E-state index is 0.0412. The number of hydrogen-bond donors (Lipinski definition) is 2. The first-order valence-corrected chi connectivity index (χ1v) is 10.0. The van der Waals surface area contributed by atoms with Gasteiger partial charge in [-0.25, -0.2) is 4.98 Å². The molecular weight excluding hydrogens is 372 g/mol. The molecule has 0 aliphatic carbocycles. The fourth-order valence-electron chi connectivity index (χ4n) is 2.64. The smallest absolute Gasteiger partial charge is 0.251 e. The van der Waals surface area contributed by atoms with Crippen LogP contribution in [0.4, 0.5) is 0 Å². The van der Waals surface area contributed by atoms with Gasteiger partial charge in [0.15, 0.2) is 0 Å². The van der Waals surface area contributed by atoms with E-state index < -0.39 is 0 Å². The van der Waals surface area contributed by atoms with Crippen LogP contribution < -0.4 is 10.6 Å². The van der Waals surface area contributed by atoms with E-state index in [1.54, 1.807) is 23.9 Å². The van der Waals surface area contributed by atoms with Crippen molar-refractivity contribution in [1.29, 1.82) is 0 Å². The SMILES string of the molecule is CC(C)(C)NC(=O)CNC(=O)c1ccc(SCc2cn3ccccc3n2)cc1. The van der Waals surface area contributed by atoms with Gasteiger partial charge in [0, 0.05) is 34.1 Å². The van der Waals surface area contributed by atoms with E-state index >= 15 is 0 Å². The highest BCUT2D eigenvalue weighted by Gasteiger charge is 2.14. The second-order valence-electron chi connectivity index (χ2n) is 7.49. The van der Waals surface area contributed by atoms with Crippen LogP contribution >= 0.6 is 11.8 Å². The predicted molar refractivity (Wildman–Crippen MR) is 111 cm³/mol. The number of fused-ring (bicyclic) bond motifs is 1. The summed E-state index contributed by atoms with van der Waals surface area (Å²) in [4.78, 5) is 29.6. The molecule has 0 saturated carbocycles. The van der Waals surface area contributed by atoms with Crippen LogP contribution in [0.1, 0.15) is 36.8 Å². The number of imidazole rings is 1. The van der Waals surface area contributed by atoms with Gasteiger partial charge in [-0.1, -0.05) is 6.07 Å². The van der Waals surface area contributed by atoms with Gasteiger partial charge in [0.2, 0.25) is 5.91 Å². The molecule has 0 aliphatic heterocycles. The number of benzene rings is 1. The van der Waals surface area contributed by atoms with E-state index in [9.17, 15) is 9.59 Å². The highest BCUT2D eigenvalue weighted by molar-refractivity contribution is 7.98. The predicted octanol–water partition coefficient (Wildman–Crippen LogP) is 3.27. The van der Waals surface area contributed by atoms with E-state index in [1.165, 1.54) is 0 Å². The minimum Gasteiger partial charge on any atom is -0.350 e. The summed E-state index contributed by atoms with van der Waals surface area (Å²) in [6, 6.07) is 13.3. The van der Waals surface area contributed by atoms with Crippen LogP contribution in [0.5, 0.6) is 0 Å². The number of amides is 2. The number of carbonyl (C=O) groups is 2. The average Bonchev–Trinajstić information content (AvgIpc) is 3.06. The highest BCUT2D eigenvalue weighted by Crippen LogP contribution is 2.23. The van der Waals surface area contributed by atoms with Gasteiger partial charge in [0.25, 0.3) is 5.91 Å². The Balaban J connectivity index is 1.51. The lowest BCUT2D eigenvalue weighted by molar-refractivity contribution is -0.121. The molecular formula is C21H24N4O2S. The van der Waals surface area contributed by atoms with E-state index in [0.29, 0.717) is 5.56 Å².